The Morgan fingerprint density at radius 1 is 1.07 bits per heavy atom. The van der Waals surface area contributed by atoms with E-state index < -0.39 is 0 Å². The Balaban J connectivity index is 1.47. The van der Waals surface area contributed by atoms with E-state index in [-0.39, 0.29) is 17.5 Å². The second kappa shape index (κ2) is 8.22. The molecule has 4 rings (SSSR count). The summed E-state index contributed by atoms with van der Waals surface area (Å²) in [6.07, 6.45) is 6.59. The summed E-state index contributed by atoms with van der Waals surface area (Å²) in [4.78, 5) is 37.4. The number of carbonyl (C=O) groups excluding carboxylic acids is 2. The Bertz CT molecular complexity index is 1040. The highest BCUT2D eigenvalue weighted by Gasteiger charge is 2.26. The topological polar surface area (TPSA) is 66.4 Å². The Hall–Kier alpha value is -3.54. The number of aromatic nitrogens is 2. The SMILES string of the molecule is CN(CCc1ccncc1)C(=O)c1ccnc(C(=O)N2CCc3ccccc32)c1. The first-order valence-corrected chi connectivity index (χ1v) is 9.63. The van der Waals surface area contributed by atoms with Gasteiger partial charge in [-0.2, -0.15) is 0 Å². The zero-order valence-electron chi connectivity index (χ0n) is 16.3. The highest BCUT2D eigenvalue weighted by atomic mass is 16.2. The summed E-state index contributed by atoms with van der Waals surface area (Å²) in [6.45, 7) is 1.21. The van der Waals surface area contributed by atoms with E-state index in [2.05, 4.69) is 9.97 Å². The van der Waals surface area contributed by atoms with E-state index in [1.807, 2.05) is 36.4 Å². The van der Waals surface area contributed by atoms with Gasteiger partial charge in [-0.05, 0) is 54.3 Å². The Labute approximate surface area is 169 Å². The van der Waals surface area contributed by atoms with Crippen molar-refractivity contribution in [3.8, 4) is 0 Å². The van der Waals surface area contributed by atoms with Gasteiger partial charge in [0.05, 0.1) is 0 Å². The molecule has 2 aromatic heterocycles. The molecule has 2 amide bonds. The van der Waals surface area contributed by atoms with Crippen molar-refractivity contribution in [3.05, 3.63) is 89.5 Å². The van der Waals surface area contributed by atoms with Crippen LogP contribution < -0.4 is 4.90 Å². The normalized spacial score (nSPS) is 12.5. The third kappa shape index (κ3) is 4.01. The lowest BCUT2D eigenvalue weighted by Gasteiger charge is -2.19. The number of likely N-dealkylation sites (N-methyl/N-ethyl adjacent to an activating group) is 1. The van der Waals surface area contributed by atoms with E-state index in [4.69, 9.17) is 0 Å². The van der Waals surface area contributed by atoms with Gasteiger partial charge in [0.1, 0.15) is 5.69 Å². The van der Waals surface area contributed by atoms with Crippen LogP contribution in [-0.4, -0.2) is 46.8 Å². The number of hydrogen-bond donors (Lipinski definition) is 0. The summed E-state index contributed by atoms with van der Waals surface area (Å²) in [6, 6.07) is 15.0. The molecule has 0 atom stereocenters. The molecule has 0 unspecified atom stereocenters. The van der Waals surface area contributed by atoms with Gasteiger partial charge < -0.3 is 9.80 Å². The molecule has 1 aliphatic rings. The van der Waals surface area contributed by atoms with Gasteiger partial charge in [-0.3, -0.25) is 19.6 Å². The van der Waals surface area contributed by atoms with Gasteiger partial charge in [-0.15, -0.1) is 0 Å². The average molecular weight is 386 g/mol. The zero-order chi connectivity index (χ0) is 20.2. The smallest absolute Gasteiger partial charge is 0.276 e. The van der Waals surface area contributed by atoms with Gasteiger partial charge in [-0.25, -0.2) is 0 Å². The Morgan fingerprint density at radius 3 is 2.69 bits per heavy atom. The van der Waals surface area contributed by atoms with Crippen LogP contribution in [0.15, 0.2) is 67.1 Å². The van der Waals surface area contributed by atoms with Crippen molar-refractivity contribution in [2.24, 2.45) is 0 Å². The lowest BCUT2D eigenvalue weighted by molar-refractivity contribution is 0.0796. The van der Waals surface area contributed by atoms with E-state index in [0.29, 0.717) is 18.7 Å². The third-order valence-corrected chi connectivity index (χ3v) is 5.19. The molecule has 0 N–H and O–H groups in total. The molecule has 1 aliphatic heterocycles. The molecule has 0 aliphatic carbocycles. The zero-order valence-corrected chi connectivity index (χ0v) is 16.3. The predicted molar refractivity (Wildman–Crippen MR) is 111 cm³/mol. The van der Waals surface area contributed by atoms with Gasteiger partial charge in [0.25, 0.3) is 11.8 Å². The summed E-state index contributed by atoms with van der Waals surface area (Å²) in [5, 5.41) is 0. The van der Waals surface area contributed by atoms with Crippen LogP contribution in [0.4, 0.5) is 5.69 Å². The molecule has 0 bridgehead atoms. The van der Waals surface area contributed by atoms with Crippen LogP contribution in [0.5, 0.6) is 0 Å². The monoisotopic (exact) mass is 386 g/mol. The average Bonchev–Trinajstić information content (AvgIpc) is 3.21. The highest BCUT2D eigenvalue weighted by Crippen LogP contribution is 2.28. The second-order valence-corrected chi connectivity index (χ2v) is 7.10. The number of rotatable bonds is 5. The van der Waals surface area contributed by atoms with Crippen molar-refractivity contribution in [1.29, 1.82) is 0 Å². The number of para-hydroxylation sites is 1. The Morgan fingerprint density at radius 2 is 1.86 bits per heavy atom. The summed E-state index contributed by atoms with van der Waals surface area (Å²) < 4.78 is 0. The first-order chi connectivity index (χ1) is 14.1. The van der Waals surface area contributed by atoms with E-state index in [0.717, 1.165) is 29.7 Å². The van der Waals surface area contributed by atoms with E-state index in [1.54, 1.807) is 41.4 Å². The number of amides is 2. The van der Waals surface area contributed by atoms with Crippen LogP contribution in [0.3, 0.4) is 0 Å². The van der Waals surface area contributed by atoms with Crippen LogP contribution in [0, 0.1) is 0 Å². The summed E-state index contributed by atoms with van der Waals surface area (Å²) >= 11 is 0. The van der Waals surface area contributed by atoms with Crippen LogP contribution in [0.2, 0.25) is 0 Å². The molecule has 146 valence electrons. The molecule has 29 heavy (non-hydrogen) atoms. The minimum absolute atomic E-state index is 0.127. The maximum absolute atomic E-state index is 13.0. The first kappa shape index (κ1) is 18.8. The maximum atomic E-state index is 13.0. The fraction of sp³-hybridized carbons (Fsp3) is 0.217. The van der Waals surface area contributed by atoms with E-state index in [1.165, 1.54) is 6.20 Å². The number of hydrogen-bond acceptors (Lipinski definition) is 4. The molecular formula is C23H22N4O2. The number of anilines is 1. The van der Waals surface area contributed by atoms with Gasteiger partial charge in [0.15, 0.2) is 0 Å². The maximum Gasteiger partial charge on any atom is 0.276 e. The molecule has 6 nitrogen and oxygen atoms in total. The summed E-state index contributed by atoms with van der Waals surface area (Å²) in [5.74, 6) is -0.304. The summed E-state index contributed by atoms with van der Waals surface area (Å²) in [5.41, 5.74) is 3.95. The molecule has 0 spiro atoms. The minimum atomic E-state index is -0.177. The largest absolute Gasteiger partial charge is 0.341 e. The van der Waals surface area contributed by atoms with Crippen LogP contribution in [0.25, 0.3) is 0 Å². The highest BCUT2D eigenvalue weighted by molar-refractivity contribution is 6.07. The number of carbonyl (C=O) groups is 2. The third-order valence-electron chi connectivity index (χ3n) is 5.19. The van der Waals surface area contributed by atoms with Crippen LogP contribution in [-0.2, 0) is 12.8 Å². The molecule has 3 heterocycles. The lowest BCUT2D eigenvalue weighted by atomic mass is 10.1. The minimum Gasteiger partial charge on any atom is -0.341 e. The molecule has 0 saturated heterocycles. The number of nitrogens with zero attached hydrogens (tertiary/aromatic N) is 4. The van der Waals surface area contributed by atoms with Gasteiger partial charge in [-0.1, -0.05) is 18.2 Å². The molecule has 0 saturated carbocycles. The van der Waals surface area contributed by atoms with Crippen molar-refractivity contribution in [1.82, 2.24) is 14.9 Å². The molecule has 0 fully saturated rings. The van der Waals surface area contributed by atoms with E-state index in [9.17, 15) is 9.59 Å². The van der Waals surface area contributed by atoms with Crippen molar-refractivity contribution < 1.29 is 9.59 Å². The lowest BCUT2D eigenvalue weighted by Crippen LogP contribution is -2.31. The Kier molecular flexibility index (Phi) is 5.33. The predicted octanol–water partition coefficient (Wildman–Crippen LogP) is 2.99. The second-order valence-electron chi connectivity index (χ2n) is 7.10. The quantitative estimate of drug-likeness (QED) is 0.676. The van der Waals surface area contributed by atoms with Gasteiger partial charge in [0.2, 0.25) is 0 Å². The van der Waals surface area contributed by atoms with Gasteiger partial charge in [0, 0.05) is 50.0 Å². The molecular weight excluding hydrogens is 364 g/mol. The first-order valence-electron chi connectivity index (χ1n) is 9.63. The molecule has 0 radical (unpaired) electrons. The molecule has 3 aromatic rings. The van der Waals surface area contributed by atoms with Crippen LogP contribution >= 0.6 is 0 Å². The van der Waals surface area contributed by atoms with Crippen molar-refractivity contribution in [3.63, 3.8) is 0 Å². The van der Waals surface area contributed by atoms with Crippen molar-refractivity contribution in [2.75, 3.05) is 25.0 Å². The number of benzene rings is 1. The van der Waals surface area contributed by atoms with Gasteiger partial charge >= 0.3 is 0 Å². The molecule has 1 aromatic carbocycles. The summed E-state index contributed by atoms with van der Waals surface area (Å²) in [7, 11) is 1.77. The van der Waals surface area contributed by atoms with Crippen molar-refractivity contribution >= 4 is 17.5 Å². The molecule has 6 heteroatoms. The number of fused-ring (bicyclic) bond motifs is 1. The number of pyridine rings is 2. The van der Waals surface area contributed by atoms with Crippen molar-refractivity contribution in [2.45, 2.75) is 12.8 Å². The van der Waals surface area contributed by atoms with E-state index >= 15 is 0 Å². The fourth-order valence-corrected chi connectivity index (χ4v) is 3.54. The standard InChI is InChI=1S/C23H22N4O2/c1-26(14-9-17-6-11-24-12-7-17)22(28)19-8-13-25-20(16-19)23(29)27-15-10-18-4-2-3-5-21(18)27/h2-8,11-13,16H,9-10,14-15H2,1H3. The van der Waals surface area contributed by atoms with Crippen LogP contribution in [0.1, 0.15) is 32.0 Å². The fourth-order valence-electron chi connectivity index (χ4n) is 3.54.